The van der Waals surface area contributed by atoms with Crippen LogP contribution in [0.4, 0.5) is 5.69 Å². The number of amides is 1. The lowest BCUT2D eigenvalue weighted by Crippen LogP contribution is -2.48. The van der Waals surface area contributed by atoms with E-state index in [-0.39, 0.29) is 18.4 Å². The van der Waals surface area contributed by atoms with Gasteiger partial charge < -0.3 is 19.1 Å². The Bertz CT molecular complexity index is 1540. The summed E-state index contributed by atoms with van der Waals surface area (Å²) in [7, 11) is 1.60. The molecule has 2 aliphatic heterocycles. The summed E-state index contributed by atoms with van der Waals surface area (Å²) in [4.78, 5) is 28.6. The van der Waals surface area contributed by atoms with Gasteiger partial charge in [-0.15, -0.1) is 0 Å². The maximum Gasteiger partial charge on any atom is 0.272 e. The summed E-state index contributed by atoms with van der Waals surface area (Å²) in [6.07, 6.45) is 0. The molecule has 0 unspecified atom stereocenters. The van der Waals surface area contributed by atoms with Crippen molar-refractivity contribution in [2.24, 2.45) is 0 Å². The number of hydrogen-bond acceptors (Lipinski definition) is 8. The maximum absolute atomic E-state index is 13.8. The summed E-state index contributed by atoms with van der Waals surface area (Å²) in [6.45, 7) is 3.56. The lowest BCUT2D eigenvalue weighted by atomic mass is 10.1. The molecule has 204 valence electrons. The third-order valence-corrected chi connectivity index (χ3v) is 7.12. The van der Waals surface area contributed by atoms with Crippen LogP contribution >= 0.6 is 0 Å². The number of carbonyl (C=O) groups is 1. The van der Waals surface area contributed by atoms with E-state index in [0.717, 1.165) is 42.3 Å². The van der Waals surface area contributed by atoms with Gasteiger partial charge in [-0.05, 0) is 60.2 Å². The molecule has 1 amide bonds. The van der Waals surface area contributed by atoms with Gasteiger partial charge in [0.1, 0.15) is 11.4 Å². The molecule has 1 saturated heterocycles. The Morgan fingerprint density at radius 2 is 1.68 bits per heavy atom. The fraction of sp³-hybridized carbons (Fsp3) is 0.241. The molecule has 0 N–H and O–H groups in total. The number of methoxy groups -OCH3 is 1. The van der Waals surface area contributed by atoms with Gasteiger partial charge in [0.25, 0.3) is 11.6 Å². The van der Waals surface area contributed by atoms with Gasteiger partial charge in [-0.3, -0.25) is 19.8 Å². The van der Waals surface area contributed by atoms with E-state index in [4.69, 9.17) is 19.3 Å². The van der Waals surface area contributed by atoms with Crippen molar-refractivity contribution in [1.29, 1.82) is 0 Å². The highest BCUT2D eigenvalue weighted by Gasteiger charge is 2.27. The van der Waals surface area contributed by atoms with Gasteiger partial charge in [-0.2, -0.15) is 5.10 Å². The number of carbonyl (C=O) groups excluding carboxylic acids is 1. The number of fused-ring (bicyclic) bond motifs is 1. The number of nitro benzene ring substituents is 1. The Hall–Kier alpha value is -4.90. The van der Waals surface area contributed by atoms with E-state index in [1.807, 2.05) is 47.4 Å². The predicted octanol–water partition coefficient (Wildman–Crippen LogP) is 4.14. The molecular weight excluding hydrogens is 514 g/mol. The first-order valence-electron chi connectivity index (χ1n) is 12.9. The number of benzene rings is 3. The van der Waals surface area contributed by atoms with Crippen molar-refractivity contribution in [2.45, 2.75) is 6.54 Å². The fourth-order valence-electron chi connectivity index (χ4n) is 4.92. The molecule has 4 aromatic rings. The summed E-state index contributed by atoms with van der Waals surface area (Å²) in [5, 5.41) is 15.9. The van der Waals surface area contributed by atoms with E-state index in [1.165, 1.54) is 12.1 Å². The van der Waals surface area contributed by atoms with Crippen molar-refractivity contribution < 1.29 is 23.9 Å². The molecule has 0 radical (unpaired) electrons. The zero-order valence-corrected chi connectivity index (χ0v) is 21.9. The summed E-state index contributed by atoms with van der Waals surface area (Å²) < 4.78 is 17.7. The third kappa shape index (κ3) is 5.06. The molecule has 0 saturated carbocycles. The van der Waals surface area contributed by atoms with Crippen LogP contribution in [0.15, 0.2) is 72.8 Å². The molecule has 0 atom stereocenters. The van der Waals surface area contributed by atoms with Gasteiger partial charge in [0, 0.05) is 50.4 Å². The average Bonchev–Trinajstić information content (AvgIpc) is 3.65. The van der Waals surface area contributed by atoms with Crippen LogP contribution in [0.5, 0.6) is 17.2 Å². The molecule has 0 spiro atoms. The predicted molar refractivity (Wildman–Crippen MR) is 146 cm³/mol. The highest BCUT2D eigenvalue weighted by atomic mass is 16.7. The number of nitro groups is 1. The van der Waals surface area contributed by atoms with Gasteiger partial charge in [0.2, 0.25) is 6.79 Å². The van der Waals surface area contributed by atoms with Gasteiger partial charge in [-0.1, -0.05) is 6.07 Å². The second-order valence-corrected chi connectivity index (χ2v) is 9.58. The van der Waals surface area contributed by atoms with Crippen molar-refractivity contribution in [3.05, 3.63) is 94.2 Å². The standard InChI is InChI=1S/C29H27N5O6/c1-38-24-9-3-21(4-10-24)25-17-26(33(30-25)22-5-7-23(8-6-22)34(36)37)29(35)32-14-12-31(13-15-32)18-20-2-11-27-28(16-20)40-19-39-27/h2-11,16-17H,12-15,18-19H2,1H3. The highest BCUT2D eigenvalue weighted by molar-refractivity contribution is 5.94. The maximum atomic E-state index is 13.8. The van der Waals surface area contributed by atoms with Crippen LogP contribution in [0.25, 0.3) is 16.9 Å². The van der Waals surface area contributed by atoms with Crippen LogP contribution < -0.4 is 14.2 Å². The van der Waals surface area contributed by atoms with Crippen molar-refractivity contribution in [1.82, 2.24) is 19.6 Å². The van der Waals surface area contributed by atoms with E-state index in [0.29, 0.717) is 35.9 Å². The molecule has 3 heterocycles. The zero-order valence-electron chi connectivity index (χ0n) is 21.9. The Morgan fingerprint density at radius 1 is 0.950 bits per heavy atom. The number of nitrogens with zero attached hydrogens (tertiary/aromatic N) is 5. The molecule has 1 fully saturated rings. The minimum Gasteiger partial charge on any atom is -0.497 e. The van der Waals surface area contributed by atoms with Crippen molar-refractivity contribution in [2.75, 3.05) is 40.1 Å². The van der Waals surface area contributed by atoms with Crippen molar-refractivity contribution in [3.63, 3.8) is 0 Å². The first kappa shape index (κ1) is 25.4. The second kappa shape index (κ2) is 10.7. The molecule has 1 aromatic heterocycles. The summed E-state index contributed by atoms with van der Waals surface area (Å²) in [5.41, 5.74) is 3.50. The van der Waals surface area contributed by atoms with E-state index in [9.17, 15) is 14.9 Å². The Kier molecular flexibility index (Phi) is 6.79. The minimum atomic E-state index is -0.454. The molecule has 0 aliphatic carbocycles. The first-order valence-corrected chi connectivity index (χ1v) is 12.9. The van der Waals surface area contributed by atoms with Gasteiger partial charge >= 0.3 is 0 Å². The van der Waals surface area contributed by atoms with Gasteiger partial charge in [-0.25, -0.2) is 4.68 Å². The Balaban J connectivity index is 1.22. The van der Waals surface area contributed by atoms with E-state index >= 15 is 0 Å². The lowest BCUT2D eigenvalue weighted by Gasteiger charge is -2.34. The normalized spacial score (nSPS) is 14.8. The van der Waals surface area contributed by atoms with Crippen LogP contribution in [0.2, 0.25) is 0 Å². The number of rotatable bonds is 7. The molecular formula is C29H27N5O6. The fourth-order valence-corrected chi connectivity index (χ4v) is 4.92. The number of piperazine rings is 1. The summed E-state index contributed by atoms with van der Waals surface area (Å²) >= 11 is 0. The zero-order chi connectivity index (χ0) is 27.6. The molecule has 11 nitrogen and oxygen atoms in total. The molecule has 3 aromatic carbocycles. The topological polar surface area (TPSA) is 112 Å². The van der Waals surface area contributed by atoms with Crippen LogP contribution in [0.3, 0.4) is 0 Å². The molecule has 0 bridgehead atoms. The number of ether oxygens (including phenoxy) is 3. The Labute approximate surface area is 230 Å². The second-order valence-electron chi connectivity index (χ2n) is 9.58. The average molecular weight is 542 g/mol. The SMILES string of the molecule is COc1ccc(-c2cc(C(=O)N3CCN(Cc4ccc5c(c4)OCO5)CC3)n(-c3ccc([N+](=O)[O-])cc3)n2)cc1. The monoisotopic (exact) mass is 541 g/mol. The van der Waals surface area contributed by atoms with E-state index in [1.54, 1.807) is 30.0 Å². The van der Waals surface area contributed by atoms with Crippen LogP contribution in [0.1, 0.15) is 16.1 Å². The van der Waals surface area contributed by atoms with Gasteiger partial charge in [0.15, 0.2) is 11.5 Å². The summed E-state index contributed by atoms with van der Waals surface area (Å²) in [6, 6.07) is 21.2. The summed E-state index contributed by atoms with van der Waals surface area (Å²) in [5.74, 6) is 2.10. The number of hydrogen-bond donors (Lipinski definition) is 0. The lowest BCUT2D eigenvalue weighted by molar-refractivity contribution is -0.384. The number of non-ortho nitro benzene ring substituents is 1. The Morgan fingerprint density at radius 3 is 2.38 bits per heavy atom. The van der Waals surface area contributed by atoms with E-state index < -0.39 is 4.92 Å². The van der Waals surface area contributed by atoms with Crippen LogP contribution in [0, 0.1) is 10.1 Å². The molecule has 40 heavy (non-hydrogen) atoms. The van der Waals surface area contributed by atoms with E-state index in [2.05, 4.69) is 4.90 Å². The quantitative estimate of drug-likeness (QED) is 0.254. The number of aromatic nitrogens is 2. The smallest absolute Gasteiger partial charge is 0.272 e. The molecule has 2 aliphatic rings. The largest absolute Gasteiger partial charge is 0.497 e. The van der Waals surface area contributed by atoms with Crippen molar-refractivity contribution in [3.8, 4) is 34.2 Å². The van der Waals surface area contributed by atoms with Crippen LogP contribution in [-0.4, -0.2) is 70.5 Å². The molecule has 11 heteroatoms. The minimum absolute atomic E-state index is 0.0299. The van der Waals surface area contributed by atoms with Gasteiger partial charge in [0.05, 0.1) is 23.4 Å². The molecule has 6 rings (SSSR count). The van der Waals surface area contributed by atoms with Crippen molar-refractivity contribution >= 4 is 11.6 Å². The first-order chi connectivity index (χ1) is 19.5. The van der Waals surface area contributed by atoms with Crippen LogP contribution in [-0.2, 0) is 6.54 Å². The third-order valence-electron chi connectivity index (χ3n) is 7.12. The highest BCUT2D eigenvalue weighted by Crippen LogP contribution is 2.33.